The van der Waals surface area contributed by atoms with Crippen molar-refractivity contribution in [1.82, 2.24) is 14.8 Å². The van der Waals surface area contributed by atoms with Crippen molar-refractivity contribution in [2.75, 3.05) is 6.54 Å². The van der Waals surface area contributed by atoms with Crippen LogP contribution in [0, 0.1) is 5.92 Å². The van der Waals surface area contributed by atoms with Gasteiger partial charge in [-0.15, -0.1) is 0 Å². The molecule has 2 aromatic rings. The van der Waals surface area contributed by atoms with Crippen molar-refractivity contribution in [2.24, 2.45) is 17.4 Å². The summed E-state index contributed by atoms with van der Waals surface area (Å²) in [6.07, 6.45) is 0.0875. The summed E-state index contributed by atoms with van der Waals surface area (Å²) in [5.41, 5.74) is 10.2. The molecule has 1 unspecified atom stereocenters. The van der Waals surface area contributed by atoms with E-state index in [1.165, 1.54) is 37.0 Å². The van der Waals surface area contributed by atoms with E-state index in [0.29, 0.717) is 11.9 Å². The van der Waals surface area contributed by atoms with Gasteiger partial charge in [-0.25, -0.2) is 4.98 Å². The topological polar surface area (TPSA) is 186 Å². The van der Waals surface area contributed by atoms with Crippen molar-refractivity contribution in [2.45, 2.75) is 83.6 Å². The third-order valence-corrected chi connectivity index (χ3v) is 8.36. The Kier molecular flexibility index (Phi) is 10.5. The Bertz CT molecular complexity index is 1340. The second-order valence-corrected chi connectivity index (χ2v) is 12.2. The van der Waals surface area contributed by atoms with E-state index < -0.39 is 71.3 Å². The molecule has 5 N–H and O–H groups in total. The molecule has 0 spiro atoms. The minimum atomic E-state index is -2.63. The summed E-state index contributed by atoms with van der Waals surface area (Å²) in [7, 11) is 0. The van der Waals surface area contributed by atoms with E-state index >= 15 is 0 Å². The zero-order chi connectivity index (χ0) is 31.5. The fourth-order valence-electron chi connectivity index (χ4n) is 5.31. The van der Waals surface area contributed by atoms with E-state index in [1.54, 1.807) is 19.9 Å². The van der Waals surface area contributed by atoms with Gasteiger partial charge in [0.2, 0.25) is 11.4 Å². The molecule has 1 amide bonds. The zero-order valence-corrected chi connectivity index (χ0v) is 25.9. The number of carboxylic acids is 1. The number of rotatable bonds is 12. The monoisotopic (exact) mass is 619 g/mol. The standard InChI is InChI=1S/C28H37N5O7S2/c1-14(2)33(27(41)40-26-31-18-9-6-7-11-20(18)42-26)28(22(36)16(4)29,23(37)17(5)30)24(38)19-10-8-12-32(19)25(39)15(3)13-21(34)35/h6-7,9,11,14-17,19H,8,10,12-13,29-30H2,1-5H3,(H,34,35)/t15?,16-,17-,19-/m0/s1. The normalized spacial score (nSPS) is 17.5. The quantitative estimate of drug-likeness (QED) is 0.232. The third kappa shape index (κ3) is 6.36. The SMILES string of the molecule is CC(CC(=O)O)C(=O)N1CCC[C@H]1C(=O)C(C(=O)[C@H](C)N)(C(=O)[C@H](C)N)N(C(=S)Oc1nc2ccccc2s1)C(C)C. The predicted octanol–water partition coefficient (Wildman–Crippen LogP) is 1.91. The maximum atomic E-state index is 14.7. The van der Waals surface area contributed by atoms with Gasteiger partial charge in [-0.05, 0) is 64.9 Å². The van der Waals surface area contributed by atoms with E-state index in [1.807, 2.05) is 18.2 Å². The third-order valence-electron chi connectivity index (χ3n) is 7.16. The number of hydrogen-bond donors (Lipinski definition) is 3. The highest BCUT2D eigenvalue weighted by Crippen LogP contribution is 2.35. The number of aliphatic carboxylic acids is 1. The maximum Gasteiger partial charge on any atom is 0.304 e. The van der Waals surface area contributed by atoms with Gasteiger partial charge >= 0.3 is 5.97 Å². The van der Waals surface area contributed by atoms with Crippen molar-refractivity contribution < 1.29 is 33.8 Å². The largest absolute Gasteiger partial charge is 0.481 e. The lowest BCUT2D eigenvalue weighted by Gasteiger charge is -2.46. The van der Waals surface area contributed by atoms with Crippen LogP contribution in [0.4, 0.5) is 0 Å². The first-order chi connectivity index (χ1) is 19.6. The Labute approximate surface area is 253 Å². The van der Waals surface area contributed by atoms with Gasteiger partial charge < -0.3 is 31.1 Å². The smallest absolute Gasteiger partial charge is 0.304 e. The number of carbonyl (C=O) groups is 5. The van der Waals surface area contributed by atoms with E-state index in [4.69, 9.17) is 28.4 Å². The summed E-state index contributed by atoms with van der Waals surface area (Å²) in [6.45, 7) is 7.55. The molecule has 0 saturated carbocycles. The second-order valence-electron chi connectivity index (χ2n) is 10.8. The van der Waals surface area contributed by atoms with Crippen LogP contribution in [0.3, 0.4) is 0 Å². The molecule has 1 aliphatic rings. The van der Waals surface area contributed by atoms with E-state index in [0.717, 1.165) is 9.60 Å². The number of carbonyl (C=O) groups excluding carboxylic acids is 4. The number of fused-ring (bicyclic) bond motifs is 1. The number of benzene rings is 1. The first-order valence-corrected chi connectivity index (χ1v) is 14.9. The van der Waals surface area contributed by atoms with Crippen LogP contribution in [0.25, 0.3) is 10.2 Å². The van der Waals surface area contributed by atoms with Gasteiger partial charge in [0.25, 0.3) is 10.4 Å². The molecule has 12 nitrogen and oxygen atoms in total. The van der Waals surface area contributed by atoms with Crippen LogP contribution in [0.2, 0.25) is 0 Å². The molecule has 228 valence electrons. The number of Topliss-reactive ketones (excluding diaryl/α,β-unsaturated/α-hetero) is 3. The maximum absolute atomic E-state index is 14.7. The number of amides is 1. The zero-order valence-electron chi connectivity index (χ0n) is 24.2. The highest BCUT2D eigenvalue weighted by atomic mass is 32.1. The Morgan fingerprint density at radius 3 is 2.24 bits per heavy atom. The summed E-state index contributed by atoms with van der Waals surface area (Å²) in [5.74, 6) is -5.50. The Morgan fingerprint density at radius 2 is 1.71 bits per heavy atom. The van der Waals surface area contributed by atoms with Gasteiger partial charge in [-0.3, -0.25) is 24.0 Å². The molecule has 0 bridgehead atoms. The van der Waals surface area contributed by atoms with Crippen LogP contribution >= 0.6 is 23.6 Å². The van der Waals surface area contributed by atoms with Crippen molar-refractivity contribution in [3.8, 4) is 5.19 Å². The Balaban J connectivity index is 2.17. The molecule has 3 rings (SSSR count). The number of hydrogen-bond acceptors (Lipinski definition) is 11. The van der Waals surface area contributed by atoms with Crippen molar-refractivity contribution in [1.29, 1.82) is 0 Å². The number of para-hydroxylation sites is 1. The van der Waals surface area contributed by atoms with Crippen LogP contribution in [-0.4, -0.2) is 90.5 Å². The number of aromatic nitrogens is 1. The molecule has 1 fully saturated rings. The van der Waals surface area contributed by atoms with Gasteiger partial charge in [0.15, 0.2) is 17.3 Å². The molecular formula is C28H37N5O7S2. The molecule has 42 heavy (non-hydrogen) atoms. The number of nitrogens with two attached hydrogens (primary N) is 2. The minimum Gasteiger partial charge on any atom is -0.481 e. The lowest BCUT2D eigenvalue weighted by Crippen LogP contribution is -2.75. The average Bonchev–Trinajstić information content (AvgIpc) is 3.56. The van der Waals surface area contributed by atoms with Gasteiger partial charge in [-0.2, -0.15) is 0 Å². The molecular weight excluding hydrogens is 582 g/mol. The Morgan fingerprint density at radius 1 is 1.12 bits per heavy atom. The average molecular weight is 620 g/mol. The predicted molar refractivity (Wildman–Crippen MR) is 161 cm³/mol. The van der Waals surface area contributed by atoms with Crippen molar-refractivity contribution >= 4 is 68.2 Å². The van der Waals surface area contributed by atoms with Gasteiger partial charge in [0.05, 0.1) is 34.8 Å². The molecule has 1 aromatic carbocycles. The van der Waals surface area contributed by atoms with E-state index in [2.05, 4.69) is 4.98 Å². The Hall–Kier alpha value is -3.33. The summed E-state index contributed by atoms with van der Waals surface area (Å²) in [6, 6.07) is 2.67. The fraction of sp³-hybridized carbons (Fsp3) is 0.536. The van der Waals surface area contributed by atoms with Crippen LogP contribution in [0.15, 0.2) is 24.3 Å². The number of thiocarbonyl (C=S) groups is 1. The molecule has 2 heterocycles. The molecule has 14 heteroatoms. The summed E-state index contributed by atoms with van der Waals surface area (Å²) in [5, 5.41) is 8.98. The molecule has 1 saturated heterocycles. The summed E-state index contributed by atoms with van der Waals surface area (Å²) in [4.78, 5) is 74.4. The van der Waals surface area contributed by atoms with E-state index in [-0.39, 0.29) is 23.3 Å². The van der Waals surface area contributed by atoms with Crippen molar-refractivity contribution in [3.05, 3.63) is 24.3 Å². The lowest BCUT2D eigenvalue weighted by atomic mass is 9.74. The second kappa shape index (κ2) is 13.3. The lowest BCUT2D eigenvalue weighted by molar-refractivity contribution is -0.156. The van der Waals surface area contributed by atoms with Crippen LogP contribution in [0.1, 0.15) is 53.9 Å². The van der Waals surface area contributed by atoms with Crippen LogP contribution in [0.5, 0.6) is 5.19 Å². The van der Waals surface area contributed by atoms with Gasteiger partial charge in [0.1, 0.15) is 0 Å². The molecule has 0 aliphatic carbocycles. The van der Waals surface area contributed by atoms with Crippen LogP contribution in [-0.2, 0) is 24.0 Å². The van der Waals surface area contributed by atoms with Gasteiger partial charge in [-0.1, -0.05) is 30.4 Å². The molecule has 4 atom stereocenters. The first kappa shape index (κ1) is 33.2. The summed E-state index contributed by atoms with van der Waals surface area (Å²) >= 11 is 6.84. The highest BCUT2D eigenvalue weighted by Gasteiger charge is 2.62. The molecule has 1 aliphatic heterocycles. The molecule has 0 radical (unpaired) electrons. The molecule has 1 aromatic heterocycles. The van der Waals surface area contributed by atoms with Gasteiger partial charge in [0, 0.05) is 18.5 Å². The number of nitrogens with zero attached hydrogens (tertiary/aromatic N) is 3. The fourth-order valence-corrected chi connectivity index (χ4v) is 6.61. The number of ketones is 3. The van der Waals surface area contributed by atoms with Crippen LogP contribution < -0.4 is 16.2 Å². The number of thiazole rings is 1. The minimum absolute atomic E-state index is 0.134. The number of ether oxygens (including phenoxy) is 1. The summed E-state index contributed by atoms with van der Waals surface area (Å²) < 4.78 is 6.75. The number of carboxylic acid groups (broad SMARTS) is 1. The first-order valence-electron chi connectivity index (χ1n) is 13.7. The number of likely N-dealkylation sites (tertiary alicyclic amines) is 1. The van der Waals surface area contributed by atoms with Crippen molar-refractivity contribution in [3.63, 3.8) is 0 Å². The van der Waals surface area contributed by atoms with E-state index in [9.17, 15) is 29.1 Å². The highest BCUT2D eigenvalue weighted by molar-refractivity contribution is 7.80.